The molecule has 1 aromatic heterocycles. The van der Waals surface area contributed by atoms with Crippen molar-refractivity contribution < 1.29 is 37.4 Å². The standard InChI is InChI=1S/C14H13N2.Y/c1-4-12-9-10-15-16(3)14(12)13-8-6-5-7-11(13)2;/h1,4-8,10H,2-3H3;/q-1;. The van der Waals surface area contributed by atoms with Crippen LogP contribution in [0.1, 0.15) is 11.1 Å². The minimum atomic E-state index is 0. The van der Waals surface area contributed by atoms with Gasteiger partial charge in [-0.2, -0.15) is 4.68 Å². The summed E-state index contributed by atoms with van der Waals surface area (Å²) in [7, 11) is 1.91. The van der Waals surface area contributed by atoms with Crippen molar-refractivity contribution in [3.05, 3.63) is 54.2 Å². The van der Waals surface area contributed by atoms with E-state index in [1.807, 2.05) is 23.9 Å². The van der Waals surface area contributed by atoms with Crippen LogP contribution in [0.25, 0.3) is 17.3 Å². The first-order chi connectivity index (χ1) is 7.74. The van der Waals surface area contributed by atoms with Crippen molar-refractivity contribution in [1.29, 1.82) is 0 Å². The van der Waals surface area contributed by atoms with Gasteiger partial charge < -0.3 is 12.7 Å². The summed E-state index contributed by atoms with van der Waals surface area (Å²) in [4.78, 5) is 0. The summed E-state index contributed by atoms with van der Waals surface area (Å²) in [6, 6.07) is 11.2. The van der Waals surface area contributed by atoms with Gasteiger partial charge in [-0.1, -0.05) is 29.8 Å². The summed E-state index contributed by atoms with van der Waals surface area (Å²) >= 11 is 0. The zero-order valence-electron chi connectivity index (χ0n) is 10.0. The summed E-state index contributed by atoms with van der Waals surface area (Å²) in [6.45, 7) is 7.68. The Morgan fingerprint density at radius 3 is 2.71 bits per heavy atom. The van der Waals surface area contributed by atoms with Crippen LogP contribution in [0.15, 0.2) is 30.5 Å². The van der Waals surface area contributed by atoms with E-state index < -0.39 is 0 Å². The fourth-order valence-corrected chi connectivity index (χ4v) is 1.77. The minimum Gasteiger partial charge on any atom is -0.361 e. The van der Waals surface area contributed by atoms with Crippen LogP contribution in [0.4, 0.5) is 0 Å². The zero-order chi connectivity index (χ0) is 11.5. The van der Waals surface area contributed by atoms with E-state index in [2.05, 4.69) is 30.2 Å². The third kappa shape index (κ3) is 2.88. The van der Waals surface area contributed by atoms with Gasteiger partial charge in [-0.05, 0) is 17.6 Å². The first kappa shape index (κ1) is 14.2. The fourth-order valence-electron chi connectivity index (χ4n) is 1.77. The summed E-state index contributed by atoms with van der Waals surface area (Å²) in [5, 5.41) is 4.19. The van der Waals surface area contributed by atoms with Crippen molar-refractivity contribution in [3.8, 4) is 11.3 Å². The molecule has 1 aromatic carbocycles. The van der Waals surface area contributed by atoms with E-state index in [0.717, 1.165) is 16.8 Å². The predicted molar refractivity (Wildman–Crippen MR) is 63.2 cm³/mol. The molecule has 0 fully saturated rings. The third-order valence-electron chi connectivity index (χ3n) is 2.60. The molecular weight excluding hydrogens is 285 g/mol. The molecule has 0 unspecified atom stereocenters. The molecular formula is C14H13N2Y-. The number of nitrogens with zero attached hydrogens (tertiary/aromatic N) is 2. The molecule has 0 atom stereocenters. The SMILES string of the molecule is [CH-]=Cc1[c-]cn[n+](C)c1-c1ccccc1C.[Y]. The average molecular weight is 298 g/mol. The molecule has 0 aliphatic heterocycles. The molecule has 0 aliphatic carbocycles. The molecule has 0 N–H and O–H groups in total. The van der Waals surface area contributed by atoms with Gasteiger partial charge in [0.15, 0.2) is 7.05 Å². The second-order valence-electron chi connectivity index (χ2n) is 3.66. The maximum atomic E-state index is 5.61. The molecule has 0 saturated carbocycles. The van der Waals surface area contributed by atoms with Gasteiger partial charge in [-0.3, -0.25) is 5.56 Å². The number of hydrogen-bond donors (Lipinski definition) is 0. The topological polar surface area (TPSA) is 16.8 Å². The normalized spacial score (nSPS) is 9.53. The molecule has 17 heavy (non-hydrogen) atoms. The van der Waals surface area contributed by atoms with Gasteiger partial charge in [0.2, 0.25) is 0 Å². The Morgan fingerprint density at radius 2 is 2.06 bits per heavy atom. The van der Waals surface area contributed by atoms with E-state index in [-0.39, 0.29) is 32.7 Å². The first-order valence-corrected chi connectivity index (χ1v) is 5.12. The van der Waals surface area contributed by atoms with Crippen LogP contribution in [0.3, 0.4) is 0 Å². The van der Waals surface area contributed by atoms with E-state index in [1.165, 1.54) is 5.56 Å². The van der Waals surface area contributed by atoms with Gasteiger partial charge in [0.25, 0.3) is 0 Å². The minimum absolute atomic E-state index is 0. The maximum absolute atomic E-state index is 5.61. The van der Waals surface area contributed by atoms with Gasteiger partial charge in [-0.15, -0.1) is 0 Å². The van der Waals surface area contributed by atoms with Gasteiger partial charge in [0.1, 0.15) is 0 Å². The van der Waals surface area contributed by atoms with E-state index in [0.29, 0.717) is 0 Å². The first-order valence-electron chi connectivity index (χ1n) is 5.12. The third-order valence-corrected chi connectivity index (χ3v) is 2.60. The summed E-state index contributed by atoms with van der Waals surface area (Å²) in [5.41, 5.74) is 4.18. The monoisotopic (exact) mass is 298 g/mol. The van der Waals surface area contributed by atoms with Gasteiger partial charge in [-0.25, -0.2) is 6.07 Å². The molecule has 1 radical (unpaired) electrons. The smallest absolute Gasteiger partial charge is 0.151 e. The molecule has 0 amide bonds. The van der Waals surface area contributed by atoms with Crippen LogP contribution in [-0.2, 0) is 39.8 Å². The van der Waals surface area contributed by atoms with E-state index >= 15 is 0 Å². The Bertz CT molecular complexity index is 535. The molecule has 83 valence electrons. The summed E-state index contributed by atoms with van der Waals surface area (Å²) in [6.07, 6.45) is 3.18. The number of rotatable bonds is 2. The second-order valence-corrected chi connectivity index (χ2v) is 3.66. The van der Waals surface area contributed by atoms with Gasteiger partial charge in [0.05, 0.1) is 5.69 Å². The van der Waals surface area contributed by atoms with Crippen LogP contribution in [-0.4, -0.2) is 5.10 Å². The molecule has 2 nitrogen and oxygen atoms in total. The molecule has 0 aliphatic rings. The van der Waals surface area contributed by atoms with Crippen molar-refractivity contribution >= 4 is 6.08 Å². The van der Waals surface area contributed by atoms with E-state index in [9.17, 15) is 0 Å². The molecule has 0 bridgehead atoms. The quantitative estimate of drug-likeness (QED) is 0.613. The number of hydrogen-bond acceptors (Lipinski definition) is 1. The molecule has 2 rings (SSSR count). The second kappa shape index (κ2) is 6.18. The van der Waals surface area contributed by atoms with Gasteiger partial charge in [0, 0.05) is 38.9 Å². The molecule has 1 heterocycles. The molecule has 2 aromatic rings. The Labute approximate surface area is 127 Å². The van der Waals surface area contributed by atoms with Crippen LogP contribution >= 0.6 is 0 Å². The van der Waals surface area contributed by atoms with Crippen molar-refractivity contribution in [2.45, 2.75) is 6.92 Å². The van der Waals surface area contributed by atoms with Crippen molar-refractivity contribution in [1.82, 2.24) is 5.10 Å². The Hall–Kier alpha value is -0.856. The number of aromatic nitrogens is 2. The van der Waals surface area contributed by atoms with E-state index in [4.69, 9.17) is 6.58 Å². The van der Waals surface area contributed by atoms with E-state index in [1.54, 1.807) is 12.3 Å². The van der Waals surface area contributed by atoms with Crippen LogP contribution in [0.5, 0.6) is 0 Å². The Morgan fingerprint density at radius 1 is 1.35 bits per heavy atom. The maximum Gasteiger partial charge on any atom is 0.151 e. The summed E-state index contributed by atoms with van der Waals surface area (Å²) < 4.78 is 1.82. The number of benzene rings is 1. The average Bonchev–Trinajstić information content (AvgIpc) is 2.30. The fraction of sp³-hybridized carbons (Fsp3) is 0.143. The van der Waals surface area contributed by atoms with Crippen molar-refractivity contribution in [2.75, 3.05) is 0 Å². The Kier molecular flexibility index (Phi) is 5.16. The number of aryl methyl sites for hydroxylation is 2. The largest absolute Gasteiger partial charge is 0.361 e. The van der Waals surface area contributed by atoms with Gasteiger partial charge >= 0.3 is 0 Å². The Balaban J connectivity index is 0.00000144. The molecule has 0 spiro atoms. The molecule has 0 saturated heterocycles. The van der Waals surface area contributed by atoms with Crippen LogP contribution in [0.2, 0.25) is 0 Å². The zero-order valence-corrected chi connectivity index (χ0v) is 12.9. The van der Waals surface area contributed by atoms with Crippen LogP contribution in [0, 0.1) is 19.6 Å². The van der Waals surface area contributed by atoms with Crippen molar-refractivity contribution in [3.63, 3.8) is 0 Å². The van der Waals surface area contributed by atoms with Crippen molar-refractivity contribution in [2.24, 2.45) is 7.05 Å². The predicted octanol–water partition coefficient (Wildman–Crippen LogP) is 2.13. The molecule has 3 heteroatoms. The van der Waals surface area contributed by atoms with Crippen LogP contribution < -0.4 is 4.68 Å². The summed E-state index contributed by atoms with van der Waals surface area (Å²) in [5.74, 6) is 0.